The molecule has 0 saturated carbocycles. The van der Waals surface area contributed by atoms with Crippen LogP contribution in [0.1, 0.15) is 93.6 Å². The van der Waals surface area contributed by atoms with Crippen LogP contribution in [0.25, 0.3) is 22.5 Å². The Morgan fingerprint density at radius 2 is 1.74 bits per heavy atom. The number of fused-ring (bicyclic) bond motifs is 1. The van der Waals surface area contributed by atoms with E-state index in [9.17, 15) is 15.0 Å². The minimum atomic E-state index is -0.342. The second-order valence-corrected chi connectivity index (χ2v) is 9.91. The highest BCUT2D eigenvalue weighted by molar-refractivity contribution is 6.02. The van der Waals surface area contributed by atoms with Crippen molar-refractivity contribution in [3.05, 3.63) is 52.7 Å². The van der Waals surface area contributed by atoms with Crippen LogP contribution in [0.3, 0.4) is 0 Å². The predicted molar refractivity (Wildman–Crippen MR) is 137 cm³/mol. The average Bonchev–Trinajstić information content (AvgIpc) is 3.33. The molecule has 7 nitrogen and oxygen atoms in total. The van der Waals surface area contributed by atoms with Gasteiger partial charge in [-0.15, -0.1) is 0 Å². The number of aromatic nitrogens is 1. The van der Waals surface area contributed by atoms with E-state index in [1.807, 2.05) is 26.8 Å². The number of hydrogen-bond donors (Lipinski definition) is 3. The zero-order valence-electron chi connectivity index (χ0n) is 21.5. The van der Waals surface area contributed by atoms with Crippen molar-refractivity contribution in [3.8, 4) is 33.9 Å². The first-order valence-electron chi connectivity index (χ1n) is 12.3. The summed E-state index contributed by atoms with van der Waals surface area (Å²) in [6, 6.07) is 10.1. The highest BCUT2D eigenvalue weighted by atomic mass is 16.5. The maximum absolute atomic E-state index is 12.9. The van der Waals surface area contributed by atoms with Gasteiger partial charge >= 0.3 is 0 Å². The van der Waals surface area contributed by atoms with Crippen molar-refractivity contribution in [1.29, 1.82) is 0 Å². The number of phenolic OH excluding ortho intramolecular Hbond substituents is 2. The molecule has 0 spiro atoms. The van der Waals surface area contributed by atoms with Crippen molar-refractivity contribution in [2.75, 3.05) is 6.54 Å². The van der Waals surface area contributed by atoms with E-state index in [0.29, 0.717) is 35.0 Å². The Balaban J connectivity index is 1.93. The van der Waals surface area contributed by atoms with Crippen molar-refractivity contribution in [1.82, 2.24) is 15.4 Å². The number of amides is 1. The highest BCUT2D eigenvalue weighted by Crippen LogP contribution is 2.47. The lowest BCUT2D eigenvalue weighted by atomic mass is 9.92. The Hall–Kier alpha value is -3.32. The molecule has 2 heterocycles. The molecule has 186 valence electrons. The van der Waals surface area contributed by atoms with E-state index in [2.05, 4.69) is 55.2 Å². The van der Waals surface area contributed by atoms with E-state index in [4.69, 9.17) is 4.52 Å². The van der Waals surface area contributed by atoms with E-state index in [0.717, 1.165) is 5.56 Å². The van der Waals surface area contributed by atoms with E-state index >= 15 is 0 Å². The third kappa shape index (κ3) is 4.18. The molecular weight excluding hydrogens is 442 g/mol. The van der Waals surface area contributed by atoms with Gasteiger partial charge in [0.1, 0.15) is 11.5 Å². The summed E-state index contributed by atoms with van der Waals surface area (Å²) in [6.45, 7) is 15.0. The molecule has 7 heteroatoms. The number of aromatic hydroxyl groups is 2. The van der Waals surface area contributed by atoms with Gasteiger partial charge in [-0.2, -0.15) is 0 Å². The minimum Gasteiger partial charge on any atom is -0.508 e. The van der Waals surface area contributed by atoms with Gasteiger partial charge in [0.05, 0.1) is 11.1 Å². The Bertz CT molecular complexity index is 1260. The molecule has 3 aromatic rings. The number of benzene rings is 2. The summed E-state index contributed by atoms with van der Waals surface area (Å²) in [7, 11) is 0. The van der Waals surface area contributed by atoms with Gasteiger partial charge in [-0.05, 0) is 74.9 Å². The van der Waals surface area contributed by atoms with Crippen LogP contribution in [0.4, 0.5) is 0 Å². The number of phenols is 2. The number of nitrogens with one attached hydrogen (secondary N) is 1. The van der Waals surface area contributed by atoms with Crippen LogP contribution >= 0.6 is 0 Å². The zero-order chi connectivity index (χ0) is 25.6. The molecule has 4 rings (SSSR count). The van der Waals surface area contributed by atoms with Crippen LogP contribution in [-0.2, 0) is 0 Å². The zero-order valence-corrected chi connectivity index (χ0v) is 21.5. The van der Waals surface area contributed by atoms with E-state index in [-0.39, 0.29) is 41.1 Å². The second kappa shape index (κ2) is 9.38. The number of rotatable bonds is 6. The summed E-state index contributed by atoms with van der Waals surface area (Å²) in [6.07, 6.45) is 0. The molecule has 1 aliphatic rings. The maximum atomic E-state index is 12.9. The van der Waals surface area contributed by atoms with Gasteiger partial charge in [0.25, 0.3) is 5.91 Å². The summed E-state index contributed by atoms with van der Waals surface area (Å²) < 4.78 is 5.72. The first-order valence-corrected chi connectivity index (χ1v) is 12.3. The molecular formula is C28H35N3O4. The fraction of sp³-hybridized carbons (Fsp3) is 0.429. The van der Waals surface area contributed by atoms with E-state index < -0.39 is 0 Å². The van der Waals surface area contributed by atoms with Crippen molar-refractivity contribution >= 4 is 5.91 Å². The normalized spacial score (nSPS) is 17.9. The van der Waals surface area contributed by atoms with Crippen molar-refractivity contribution < 1.29 is 19.5 Å². The van der Waals surface area contributed by atoms with Gasteiger partial charge in [-0.3, -0.25) is 9.69 Å². The minimum absolute atomic E-state index is 0.0142. The largest absolute Gasteiger partial charge is 0.508 e. The first kappa shape index (κ1) is 24.8. The number of nitrogens with zero attached hydrogens (tertiary/aromatic N) is 2. The Labute approximate surface area is 206 Å². The van der Waals surface area contributed by atoms with Crippen LogP contribution in [0.5, 0.6) is 11.5 Å². The molecule has 1 amide bonds. The lowest BCUT2D eigenvalue weighted by Crippen LogP contribution is -2.30. The molecule has 1 aliphatic heterocycles. The molecule has 35 heavy (non-hydrogen) atoms. The lowest BCUT2D eigenvalue weighted by Gasteiger charge is -2.30. The van der Waals surface area contributed by atoms with Crippen molar-refractivity contribution in [2.45, 2.75) is 72.5 Å². The summed E-state index contributed by atoms with van der Waals surface area (Å²) in [5.41, 5.74) is 5.01. The molecule has 3 N–H and O–H groups in total. The third-order valence-electron chi connectivity index (χ3n) is 7.02. The molecule has 0 aliphatic carbocycles. The Morgan fingerprint density at radius 3 is 2.37 bits per heavy atom. The Kier molecular flexibility index (Phi) is 6.64. The molecule has 0 fully saturated rings. The van der Waals surface area contributed by atoms with Gasteiger partial charge < -0.3 is 20.1 Å². The third-order valence-corrected chi connectivity index (χ3v) is 7.02. The van der Waals surface area contributed by atoms with Crippen molar-refractivity contribution in [3.63, 3.8) is 0 Å². The van der Waals surface area contributed by atoms with Gasteiger partial charge in [0, 0.05) is 30.7 Å². The predicted octanol–water partition coefficient (Wildman–Crippen LogP) is 6.14. The van der Waals surface area contributed by atoms with Crippen LogP contribution in [0.15, 0.2) is 34.9 Å². The van der Waals surface area contributed by atoms with Crippen LogP contribution in [-0.4, -0.2) is 38.8 Å². The van der Waals surface area contributed by atoms with E-state index in [1.54, 1.807) is 6.07 Å². The summed E-state index contributed by atoms with van der Waals surface area (Å²) >= 11 is 0. The lowest BCUT2D eigenvalue weighted by molar-refractivity contribution is 0.0947. The van der Waals surface area contributed by atoms with Gasteiger partial charge in [0.15, 0.2) is 11.5 Å². The monoisotopic (exact) mass is 477 g/mol. The van der Waals surface area contributed by atoms with Crippen LogP contribution in [0.2, 0.25) is 0 Å². The van der Waals surface area contributed by atoms with Crippen LogP contribution in [0, 0.1) is 0 Å². The maximum Gasteiger partial charge on any atom is 0.274 e. The smallest absolute Gasteiger partial charge is 0.274 e. The van der Waals surface area contributed by atoms with Gasteiger partial charge in [0.2, 0.25) is 0 Å². The standard InChI is InChI=1S/C28H35N3O4/c1-8-29-28(34)26-25(18-9-10-19-16(6)31(15(4)5)17(7)21(19)11-18)27(35-30-26)22-12-20(14(2)3)23(32)13-24(22)33/h9-17,32-33H,8H2,1-7H3,(H,29,34). The SMILES string of the molecule is CCNC(=O)c1noc(-c2cc(C(C)C)c(O)cc2O)c1-c1ccc2c(c1)C(C)N(C(C)C)C2C. The fourth-order valence-electron chi connectivity index (χ4n) is 5.40. The number of hydrogen-bond acceptors (Lipinski definition) is 6. The molecule has 2 unspecified atom stereocenters. The van der Waals surface area contributed by atoms with Crippen LogP contribution < -0.4 is 5.32 Å². The topological polar surface area (TPSA) is 98.8 Å². The fourth-order valence-corrected chi connectivity index (χ4v) is 5.40. The molecule has 2 aromatic carbocycles. The van der Waals surface area contributed by atoms with Gasteiger partial charge in [-0.25, -0.2) is 0 Å². The molecule has 2 atom stereocenters. The van der Waals surface area contributed by atoms with Crippen molar-refractivity contribution in [2.24, 2.45) is 0 Å². The Morgan fingerprint density at radius 1 is 1.06 bits per heavy atom. The molecule has 1 aromatic heterocycles. The number of carbonyl (C=O) groups excluding carboxylic acids is 1. The molecule has 0 bridgehead atoms. The summed E-state index contributed by atoms with van der Waals surface area (Å²) in [4.78, 5) is 15.4. The first-order chi connectivity index (χ1) is 16.6. The van der Waals surface area contributed by atoms with E-state index in [1.165, 1.54) is 17.2 Å². The van der Waals surface area contributed by atoms with Gasteiger partial charge in [-0.1, -0.05) is 31.1 Å². The quantitative estimate of drug-likeness (QED) is 0.394. The summed E-state index contributed by atoms with van der Waals surface area (Å²) in [5.74, 6) is -0.148. The number of carbonyl (C=O) groups is 1. The average molecular weight is 478 g/mol. The second-order valence-electron chi connectivity index (χ2n) is 9.91. The summed E-state index contributed by atoms with van der Waals surface area (Å²) in [5, 5.41) is 28.0. The molecule has 0 radical (unpaired) electrons. The molecule has 0 saturated heterocycles. The highest BCUT2D eigenvalue weighted by Gasteiger charge is 2.36.